The standard InChI is InChI=1S/C19H29N3O2/c1-3-13(2)22-18(23)15-7-4-6-14(10-15)12-21-19(24)17-9-5-8-16(17)11-20/h4,6-7,10,13,16-17H,3,5,8-9,11-12,20H2,1-2H3,(H,21,24)(H,22,23)/t13?,16-,17-/m1/s1. The molecule has 0 heterocycles. The fraction of sp³-hybridized carbons (Fsp3) is 0.579. The van der Waals surface area contributed by atoms with E-state index in [1.807, 2.05) is 32.0 Å². The minimum atomic E-state index is -0.0727. The summed E-state index contributed by atoms with van der Waals surface area (Å²) in [6, 6.07) is 7.56. The first-order chi connectivity index (χ1) is 11.5. The first-order valence-electron chi connectivity index (χ1n) is 8.92. The van der Waals surface area contributed by atoms with Crippen LogP contribution in [-0.4, -0.2) is 24.4 Å². The molecule has 1 fully saturated rings. The van der Waals surface area contributed by atoms with Crippen LogP contribution in [0.15, 0.2) is 24.3 Å². The van der Waals surface area contributed by atoms with Gasteiger partial charge in [-0.2, -0.15) is 0 Å². The van der Waals surface area contributed by atoms with E-state index < -0.39 is 0 Å². The van der Waals surface area contributed by atoms with Crippen LogP contribution in [0.25, 0.3) is 0 Å². The van der Waals surface area contributed by atoms with Gasteiger partial charge in [0.1, 0.15) is 0 Å². The summed E-state index contributed by atoms with van der Waals surface area (Å²) in [4.78, 5) is 24.5. The lowest BCUT2D eigenvalue weighted by Crippen LogP contribution is -2.35. The van der Waals surface area contributed by atoms with Crippen molar-refractivity contribution >= 4 is 11.8 Å². The Balaban J connectivity index is 1.92. The molecule has 4 N–H and O–H groups in total. The Bertz CT molecular complexity index is 573. The molecule has 5 nitrogen and oxygen atoms in total. The largest absolute Gasteiger partial charge is 0.352 e. The number of nitrogens with two attached hydrogens (primary N) is 1. The highest BCUT2D eigenvalue weighted by molar-refractivity contribution is 5.94. The Morgan fingerprint density at radius 2 is 2.12 bits per heavy atom. The number of carbonyl (C=O) groups excluding carboxylic acids is 2. The zero-order valence-electron chi connectivity index (χ0n) is 14.7. The molecule has 1 aliphatic carbocycles. The van der Waals surface area contributed by atoms with Crippen LogP contribution in [0.5, 0.6) is 0 Å². The third-order valence-electron chi connectivity index (χ3n) is 4.94. The summed E-state index contributed by atoms with van der Waals surface area (Å²) in [5, 5.41) is 5.95. The van der Waals surface area contributed by atoms with Gasteiger partial charge < -0.3 is 16.4 Å². The molecule has 0 spiro atoms. The molecule has 1 aromatic carbocycles. The summed E-state index contributed by atoms with van der Waals surface area (Å²) in [5.74, 6) is 0.346. The molecule has 24 heavy (non-hydrogen) atoms. The van der Waals surface area contributed by atoms with Crippen LogP contribution >= 0.6 is 0 Å². The van der Waals surface area contributed by atoms with E-state index in [1.54, 1.807) is 6.07 Å². The van der Waals surface area contributed by atoms with Gasteiger partial charge in [-0.15, -0.1) is 0 Å². The van der Waals surface area contributed by atoms with Crippen LogP contribution in [0.1, 0.15) is 55.5 Å². The summed E-state index contributed by atoms with van der Waals surface area (Å²) in [5.41, 5.74) is 7.31. The van der Waals surface area contributed by atoms with Crippen LogP contribution < -0.4 is 16.4 Å². The monoisotopic (exact) mass is 331 g/mol. The van der Waals surface area contributed by atoms with Crippen molar-refractivity contribution in [1.82, 2.24) is 10.6 Å². The summed E-state index contributed by atoms with van der Waals surface area (Å²) in [6.45, 7) is 5.03. The second kappa shape index (κ2) is 8.83. The average Bonchev–Trinajstić information content (AvgIpc) is 3.08. The van der Waals surface area contributed by atoms with E-state index in [1.165, 1.54) is 0 Å². The molecule has 0 saturated heterocycles. The summed E-state index contributed by atoms with van der Waals surface area (Å²) >= 11 is 0. The van der Waals surface area contributed by atoms with Gasteiger partial charge in [0.25, 0.3) is 5.91 Å². The van der Waals surface area contributed by atoms with Gasteiger partial charge in [0.05, 0.1) is 0 Å². The van der Waals surface area contributed by atoms with Crippen molar-refractivity contribution in [3.63, 3.8) is 0 Å². The quantitative estimate of drug-likeness (QED) is 0.716. The lowest BCUT2D eigenvalue weighted by molar-refractivity contribution is -0.126. The second-order valence-corrected chi connectivity index (χ2v) is 6.73. The molecule has 1 aliphatic rings. The second-order valence-electron chi connectivity index (χ2n) is 6.73. The Hall–Kier alpha value is -1.88. The minimum absolute atomic E-state index is 0.0342. The maximum atomic E-state index is 12.3. The predicted molar refractivity (Wildman–Crippen MR) is 95.4 cm³/mol. The number of benzene rings is 1. The Morgan fingerprint density at radius 3 is 2.83 bits per heavy atom. The number of hydrogen-bond donors (Lipinski definition) is 3. The molecule has 2 amide bonds. The predicted octanol–water partition coefficient (Wildman–Crippen LogP) is 2.21. The summed E-state index contributed by atoms with van der Waals surface area (Å²) in [6.07, 6.45) is 3.93. The highest BCUT2D eigenvalue weighted by Crippen LogP contribution is 2.30. The smallest absolute Gasteiger partial charge is 0.251 e. The molecule has 2 rings (SSSR count). The van der Waals surface area contributed by atoms with Crippen LogP contribution in [-0.2, 0) is 11.3 Å². The highest BCUT2D eigenvalue weighted by atomic mass is 16.2. The fourth-order valence-electron chi connectivity index (χ4n) is 3.22. The van der Waals surface area contributed by atoms with E-state index in [9.17, 15) is 9.59 Å². The number of amides is 2. The Kier molecular flexibility index (Phi) is 6.79. The first-order valence-corrected chi connectivity index (χ1v) is 8.92. The number of hydrogen-bond acceptors (Lipinski definition) is 3. The maximum absolute atomic E-state index is 12.3. The molecule has 0 bridgehead atoms. The normalized spacial score (nSPS) is 21.3. The van der Waals surface area contributed by atoms with Crippen molar-refractivity contribution in [2.24, 2.45) is 17.6 Å². The van der Waals surface area contributed by atoms with Crippen LogP contribution in [0.4, 0.5) is 0 Å². The average molecular weight is 331 g/mol. The van der Waals surface area contributed by atoms with Crippen molar-refractivity contribution in [1.29, 1.82) is 0 Å². The van der Waals surface area contributed by atoms with Gasteiger partial charge in [-0.1, -0.05) is 25.5 Å². The van der Waals surface area contributed by atoms with E-state index in [2.05, 4.69) is 10.6 Å². The van der Waals surface area contributed by atoms with Gasteiger partial charge in [-0.05, 0) is 56.3 Å². The van der Waals surface area contributed by atoms with E-state index >= 15 is 0 Å². The SMILES string of the molecule is CCC(C)NC(=O)c1cccc(CNC(=O)[C@@H]2CCC[C@@H]2CN)c1. The molecule has 5 heteroatoms. The van der Waals surface area contributed by atoms with E-state index in [0.29, 0.717) is 24.6 Å². The molecule has 132 valence electrons. The van der Waals surface area contributed by atoms with Gasteiger partial charge in [0, 0.05) is 24.1 Å². The van der Waals surface area contributed by atoms with Gasteiger partial charge in [0.2, 0.25) is 5.91 Å². The third kappa shape index (κ3) is 4.81. The maximum Gasteiger partial charge on any atom is 0.251 e. The molecule has 0 aliphatic heterocycles. The molecule has 3 atom stereocenters. The zero-order chi connectivity index (χ0) is 17.5. The van der Waals surface area contributed by atoms with Crippen LogP contribution in [0.3, 0.4) is 0 Å². The first kappa shape index (κ1) is 18.5. The van der Waals surface area contributed by atoms with Crippen molar-refractivity contribution in [2.75, 3.05) is 6.54 Å². The lowest BCUT2D eigenvalue weighted by atomic mass is 9.95. The van der Waals surface area contributed by atoms with Crippen LogP contribution in [0, 0.1) is 11.8 Å². The summed E-state index contributed by atoms with van der Waals surface area (Å²) in [7, 11) is 0. The Morgan fingerprint density at radius 1 is 1.33 bits per heavy atom. The van der Waals surface area contributed by atoms with Crippen molar-refractivity contribution in [3.05, 3.63) is 35.4 Å². The van der Waals surface area contributed by atoms with Crippen molar-refractivity contribution < 1.29 is 9.59 Å². The number of nitrogens with one attached hydrogen (secondary N) is 2. The van der Waals surface area contributed by atoms with E-state index in [4.69, 9.17) is 5.73 Å². The molecular formula is C19H29N3O2. The molecule has 0 aromatic heterocycles. The number of rotatable bonds is 7. The van der Waals surface area contributed by atoms with E-state index in [-0.39, 0.29) is 23.8 Å². The Labute approximate surface area is 144 Å². The molecule has 0 radical (unpaired) electrons. The fourth-order valence-corrected chi connectivity index (χ4v) is 3.22. The van der Waals surface area contributed by atoms with Gasteiger partial charge in [0.15, 0.2) is 0 Å². The van der Waals surface area contributed by atoms with Crippen molar-refractivity contribution in [2.45, 2.75) is 52.1 Å². The molecule has 1 aromatic rings. The minimum Gasteiger partial charge on any atom is -0.352 e. The third-order valence-corrected chi connectivity index (χ3v) is 4.94. The van der Waals surface area contributed by atoms with Crippen LogP contribution in [0.2, 0.25) is 0 Å². The topological polar surface area (TPSA) is 84.2 Å². The van der Waals surface area contributed by atoms with Gasteiger partial charge >= 0.3 is 0 Å². The van der Waals surface area contributed by atoms with Crippen molar-refractivity contribution in [3.8, 4) is 0 Å². The molecule has 1 unspecified atom stereocenters. The highest BCUT2D eigenvalue weighted by Gasteiger charge is 2.31. The van der Waals surface area contributed by atoms with Gasteiger partial charge in [-0.25, -0.2) is 0 Å². The lowest BCUT2D eigenvalue weighted by Gasteiger charge is -2.17. The summed E-state index contributed by atoms with van der Waals surface area (Å²) < 4.78 is 0. The zero-order valence-corrected chi connectivity index (χ0v) is 14.7. The van der Waals surface area contributed by atoms with E-state index in [0.717, 1.165) is 31.2 Å². The number of carbonyl (C=O) groups is 2. The molecule has 1 saturated carbocycles. The molecular weight excluding hydrogens is 302 g/mol. The van der Waals surface area contributed by atoms with Gasteiger partial charge in [-0.3, -0.25) is 9.59 Å².